The predicted octanol–water partition coefficient (Wildman–Crippen LogP) is 5.27. The molecular weight excluding hydrogens is 417 g/mol. The van der Waals surface area contributed by atoms with Crippen molar-refractivity contribution in [1.29, 1.82) is 0 Å². The summed E-state index contributed by atoms with van der Waals surface area (Å²) in [5.41, 5.74) is 1.35. The van der Waals surface area contributed by atoms with Crippen molar-refractivity contribution < 1.29 is 13.6 Å². The van der Waals surface area contributed by atoms with Gasteiger partial charge in [-0.2, -0.15) is 0 Å². The molecule has 1 atom stereocenters. The Morgan fingerprint density at radius 3 is 2.58 bits per heavy atom. The van der Waals surface area contributed by atoms with Crippen LogP contribution in [0.5, 0.6) is 0 Å². The van der Waals surface area contributed by atoms with Gasteiger partial charge in [-0.05, 0) is 36.9 Å². The van der Waals surface area contributed by atoms with Crippen molar-refractivity contribution in [3.05, 3.63) is 77.0 Å². The molecule has 0 saturated heterocycles. The first-order chi connectivity index (χ1) is 15.0. The summed E-state index contributed by atoms with van der Waals surface area (Å²) in [5.74, 6) is 0.286. The van der Waals surface area contributed by atoms with E-state index in [1.165, 1.54) is 12.3 Å². The zero-order valence-corrected chi connectivity index (χ0v) is 18.5. The summed E-state index contributed by atoms with van der Waals surface area (Å²) in [6.07, 6.45) is 2.05. The average molecular weight is 444 g/mol. The Morgan fingerprint density at radius 1 is 1.16 bits per heavy atom. The van der Waals surface area contributed by atoms with E-state index in [1.54, 1.807) is 18.2 Å². The van der Waals surface area contributed by atoms with Gasteiger partial charge in [-0.1, -0.05) is 55.8 Å². The minimum absolute atomic E-state index is 0.0120. The molecule has 0 fully saturated rings. The average Bonchev–Trinajstić information content (AvgIpc) is 3.25. The molecule has 0 aliphatic heterocycles. The molecule has 5 nitrogen and oxygen atoms in total. The third-order valence-corrected chi connectivity index (χ3v) is 5.61. The maximum atomic E-state index is 13.9. The van der Waals surface area contributed by atoms with Crippen molar-refractivity contribution in [1.82, 2.24) is 15.2 Å². The van der Waals surface area contributed by atoms with Gasteiger partial charge in [-0.25, -0.2) is 9.37 Å². The number of carbonyl (C=O) groups is 1. The van der Waals surface area contributed by atoms with Crippen LogP contribution in [0.25, 0.3) is 11.3 Å². The zero-order valence-electron chi connectivity index (χ0n) is 17.8. The number of hydrogen-bond acceptors (Lipinski definition) is 4. The molecule has 0 aliphatic rings. The number of aromatic nitrogens is 1. The lowest BCUT2D eigenvalue weighted by atomic mass is 10.0. The van der Waals surface area contributed by atoms with Gasteiger partial charge in [-0.3, -0.25) is 9.69 Å². The first kappa shape index (κ1) is 23.0. The highest BCUT2D eigenvalue weighted by Crippen LogP contribution is 2.27. The van der Waals surface area contributed by atoms with E-state index >= 15 is 0 Å². The smallest absolute Gasteiger partial charge is 0.220 e. The van der Waals surface area contributed by atoms with E-state index in [-0.39, 0.29) is 24.2 Å². The molecule has 3 aromatic rings. The fourth-order valence-electron chi connectivity index (χ4n) is 3.58. The number of aryl methyl sites for hydroxylation is 1. The molecule has 3 rings (SSSR count). The maximum absolute atomic E-state index is 13.9. The van der Waals surface area contributed by atoms with Gasteiger partial charge in [0.1, 0.15) is 5.82 Å². The molecule has 1 amide bonds. The van der Waals surface area contributed by atoms with Crippen LogP contribution in [0.15, 0.2) is 59.1 Å². The van der Waals surface area contributed by atoms with Crippen LogP contribution in [-0.2, 0) is 11.2 Å². The fraction of sp³-hybridized carbons (Fsp3) is 0.333. The summed E-state index contributed by atoms with van der Waals surface area (Å²) in [6, 6.07) is 14.1. The van der Waals surface area contributed by atoms with E-state index in [2.05, 4.69) is 29.0 Å². The maximum Gasteiger partial charge on any atom is 0.220 e. The molecule has 0 saturated carbocycles. The Bertz CT molecular complexity index is 1000. The van der Waals surface area contributed by atoms with Gasteiger partial charge in [0, 0.05) is 24.4 Å². The van der Waals surface area contributed by atoms with E-state index in [9.17, 15) is 9.18 Å². The van der Waals surface area contributed by atoms with Crippen LogP contribution < -0.4 is 5.32 Å². The molecule has 31 heavy (non-hydrogen) atoms. The number of halogens is 2. The topological polar surface area (TPSA) is 58.4 Å². The van der Waals surface area contributed by atoms with Crippen LogP contribution in [0.4, 0.5) is 4.39 Å². The van der Waals surface area contributed by atoms with E-state index in [0.29, 0.717) is 35.2 Å². The van der Waals surface area contributed by atoms with Gasteiger partial charge >= 0.3 is 0 Å². The van der Waals surface area contributed by atoms with Crippen LogP contribution in [0.1, 0.15) is 37.8 Å². The van der Waals surface area contributed by atoms with Crippen LogP contribution in [-0.4, -0.2) is 35.4 Å². The van der Waals surface area contributed by atoms with Crippen molar-refractivity contribution in [3.63, 3.8) is 0 Å². The van der Waals surface area contributed by atoms with Crippen LogP contribution in [0.2, 0.25) is 5.02 Å². The van der Waals surface area contributed by atoms with E-state index in [4.69, 9.17) is 16.0 Å². The number of nitrogens with zero attached hydrogens (tertiary/aromatic N) is 2. The lowest BCUT2D eigenvalue weighted by molar-refractivity contribution is -0.121. The molecule has 1 N–H and O–H groups in total. The fourth-order valence-corrected chi connectivity index (χ4v) is 3.84. The Hall–Kier alpha value is -2.70. The number of likely N-dealkylation sites (N-methyl/N-ethyl adjacent to an activating group) is 1. The molecule has 2 aromatic carbocycles. The number of rotatable bonds is 10. The molecule has 1 heterocycles. The number of nitrogens with one attached hydrogen (secondary N) is 1. The highest BCUT2D eigenvalue weighted by molar-refractivity contribution is 6.31. The summed E-state index contributed by atoms with van der Waals surface area (Å²) in [5, 5.41) is 3.70. The van der Waals surface area contributed by atoms with Crippen LogP contribution >= 0.6 is 11.6 Å². The summed E-state index contributed by atoms with van der Waals surface area (Å²) in [4.78, 5) is 18.9. The van der Waals surface area contributed by atoms with Gasteiger partial charge in [0.2, 0.25) is 5.91 Å². The van der Waals surface area contributed by atoms with E-state index in [0.717, 1.165) is 18.7 Å². The largest absolute Gasteiger partial charge is 0.441 e. The summed E-state index contributed by atoms with van der Waals surface area (Å²) < 4.78 is 19.5. The van der Waals surface area contributed by atoms with Crippen molar-refractivity contribution in [2.75, 3.05) is 19.6 Å². The molecule has 1 unspecified atom stereocenters. The number of carbonyl (C=O) groups excluding carboxylic acids is 1. The molecule has 164 valence electrons. The summed E-state index contributed by atoms with van der Waals surface area (Å²) in [6.45, 7) is 6.32. The number of oxazole rings is 1. The second-order valence-corrected chi connectivity index (χ2v) is 7.57. The third-order valence-electron chi connectivity index (χ3n) is 5.27. The monoisotopic (exact) mass is 443 g/mol. The number of amides is 1. The molecule has 7 heteroatoms. The summed E-state index contributed by atoms with van der Waals surface area (Å²) in [7, 11) is 0. The lowest BCUT2D eigenvalue weighted by Gasteiger charge is -2.30. The van der Waals surface area contributed by atoms with Crippen LogP contribution in [0.3, 0.4) is 0 Å². The normalized spacial score (nSPS) is 12.2. The Morgan fingerprint density at radius 2 is 1.87 bits per heavy atom. The lowest BCUT2D eigenvalue weighted by Crippen LogP contribution is -2.38. The number of hydrogen-bond donors (Lipinski definition) is 1. The SMILES string of the molecule is CCN(CC)C(CNC(=O)CCc1ncc(-c2ccccc2F)o1)c1ccccc1Cl. The Balaban J connectivity index is 1.59. The molecule has 0 bridgehead atoms. The first-order valence-corrected chi connectivity index (χ1v) is 10.9. The van der Waals surface area contributed by atoms with Gasteiger partial charge in [0.05, 0.1) is 17.8 Å². The summed E-state index contributed by atoms with van der Waals surface area (Å²) >= 11 is 6.41. The van der Waals surface area contributed by atoms with Crippen molar-refractivity contribution in [2.45, 2.75) is 32.7 Å². The van der Waals surface area contributed by atoms with Crippen LogP contribution in [0, 0.1) is 5.82 Å². The molecule has 0 aliphatic carbocycles. The molecule has 1 aromatic heterocycles. The van der Waals surface area contributed by atoms with Crippen molar-refractivity contribution in [2.24, 2.45) is 0 Å². The molecule has 0 radical (unpaired) electrons. The minimum atomic E-state index is -0.370. The number of benzene rings is 2. The Labute approximate surface area is 187 Å². The van der Waals surface area contributed by atoms with Gasteiger partial charge in [0.15, 0.2) is 11.7 Å². The van der Waals surface area contributed by atoms with Crippen molar-refractivity contribution in [3.8, 4) is 11.3 Å². The predicted molar refractivity (Wildman–Crippen MR) is 120 cm³/mol. The Kier molecular flexibility index (Phi) is 8.20. The highest BCUT2D eigenvalue weighted by atomic mass is 35.5. The molecular formula is C24H27ClFN3O2. The van der Waals surface area contributed by atoms with E-state index < -0.39 is 0 Å². The highest BCUT2D eigenvalue weighted by Gasteiger charge is 2.21. The standard InChI is InChI=1S/C24H27ClFN3O2/c1-3-29(4-2)21(17-9-5-7-11-19(17)25)15-27-23(30)13-14-24-28-16-22(31-24)18-10-6-8-12-20(18)26/h5-12,16,21H,3-4,13-15H2,1-2H3,(H,27,30). The van der Waals surface area contributed by atoms with Gasteiger partial charge < -0.3 is 9.73 Å². The van der Waals surface area contributed by atoms with Gasteiger partial charge in [-0.15, -0.1) is 0 Å². The first-order valence-electron chi connectivity index (χ1n) is 10.5. The van der Waals surface area contributed by atoms with Crippen molar-refractivity contribution >= 4 is 17.5 Å². The third kappa shape index (κ3) is 5.93. The van der Waals surface area contributed by atoms with Gasteiger partial charge in [0.25, 0.3) is 0 Å². The minimum Gasteiger partial charge on any atom is -0.441 e. The quantitative estimate of drug-likeness (QED) is 0.464. The van der Waals surface area contributed by atoms with E-state index in [1.807, 2.05) is 24.3 Å². The zero-order chi connectivity index (χ0) is 22.2. The second-order valence-electron chi connectivity index (χ2n) is 7.16. The second kappa shape index (κ2) is 11.1. The molecule has 0 spiro atoms.